The lowest BCUT2D eigenvalue weighted by molar-refractivity contribution is -0.116. The molecular weight excluding hydrogens is 272 g/mol. The van der Waals surface area contributed by atoms with Crippen molar-refractivity contribution in [3.05, 3.63) is 28.8 Å². The number of amides is 1. The molecule has 1 atom stereocenters. The minimum Gasteiger partial charge on any atom is -0.324 e. The first-order chi connectivity index (χ1) is 9.65. The molecule has 1 aliphatic carbocycles. The number of benzene rings is 1. The molecule has 1 heterocycles. The van der Waals surface area contributed by atoms with Gasteiger partial charge in [0.2, 0.25) is 5.91 Å². The molecule has 1 aromatic carbocycles. The van der Waals surface area contributed by atoms with Crippen molar-refractivity contribution in [2.45, 2.75) is 45.1 Å². The number of benzodiazepines with no additional fused rings is 1. The maximum atomic E-state index is 12.0. The summed E-state index contributed by atoms with van der Waals surface area (Å²) in [6.45, 7) is 1.85. The van der Waals surface area contributed by atoms with Crippen LogP contribution in [0.1, 0.15) is 44.6 Å². The Morgan fingerprint density at radius 1 is 1.25 bits per heavy atom. The van der Waals surface area contributed by atoms with Gasteiger partial charge >= 0.3 is 0 Å². The van der Waals surface area contributed by atoms with Gasteiger partial charge in [0, 0.05) is 27.9 Å². The number of rotatable bonds is 1. The highest BCUT2D eigenvalue weighted by Gasteiger charge is 2.27. The Bertz CT molecular complexity index is 562. The third-order valence-corrected chi connectivity index (χ3v) is 4.45. The summed E-state index contributed by atoms with van der Waals surface area (Å²) >= 11 is 6.14. The van der Waals surface area contributed by atoms with E-state index >= 15 is 0 Å². The molecule has 0 spiro atoms. The highest BCUT2D eigenvalue weighted by molar-refractivity contribution is 6.31. The minimum absolute atomic E-state index is 0.0422. The van der Waals surface area contributed by atoms with Gasteiger partial charge in [-0.15, -0.1) is 0 Å². The zero-order valence-electron chi connectivity index (χ0n) is 11.7. The van der Waals surface area contributed by atoms with Gasteiger partial charge in [-0.3, -0.25) is 9.79 Å². The van der Waals surface area contributed by atoms with Crippen LogP contribution in [0.25, 0.3) is 0 Å². The van der Waals surface area contributed by atoms with Crippen LogP contribution in [0.15, 0.2) is 23.2 Å². The molecule has 3 rings (SSSR count). The molecule has 1 N–H and O–H groups in total. The zero-order chi connectivity index (χ0) is 14.1. The summed E-state index contributed by atoms with van der Waals surface area (Å²) in [5.41, 5.74) is 2.91. The summed E-state index contributed by atoms with van der Waals surface area (Å²) in [5.74, 6) is 0.412. The average Bonchev–Trinajstić information content (AvgIpc) is 2.58. The van der Waals surface area contributed by atoms with Crippen LogP contribution in [0.2, 0.25) is 5.02 Å². The maximum absolute atomic E-state index is 12.0. The van der Waals surface area contributed by atoms with E-state index in [1.165, 1.54) is 19.3 Å². The Morgan fingerprint density at radius 3 is 2.75 bits per heavy atom. The summed E-state index contributed by atoms with van der Waals surface area (Å²) in [6.07, 6.45) is 6.11. The number of carbonyl (C=O) groups is 1. The fraction of sp³-hybridized carbons (Fsp3) is 0.500. The monoisotopic (exact) mass is 290 g/mol. The van der Waals surface area contributed by atoms with Gasteiger partial charge in [0.1, 0.15) is 6.04 Å². The summed E-state index contributed by atoms with van der Waals surface area (Å²) < 4.78 is 0. The Morgan fingerprint density at radius 2 is 2.00 bits per heavy atom. The SMILES string of the molecule is CC1N=C(C2CCCCC2)c2cc(Cl)ccc2NC1=O. The van der Waals surface area contributed by atoms with E-state index in [0.717, 1.165) is 29.8 Å². The van der Waals surface area contributed by atoms with E-state index in [1.807, 2.05) is 25.1 Å². The number of fused-ring (bicyclic) bond motifs is 1. The summed E-state index contributed by atoms with van der Waals surface area (Å²) in [6, 6.07) is 5.29. The molecule has 3 nitrogen and oxygen atoms in total. The Hall–Kier alpha value is -1.35. The van der Waals surface area contributed by atoms with Crippen molar-refractivity contribution in [2.24, 2.45) is 10.9 Å². The smallest absolute Gasteiger partial charge is 0.248 e. The number of halogens is 1. The number of hydrogen-bond acceptors (Lipinski definition) is 2. The Labute approximate surface area is 124 Å². The standard InChI is InChI=1S/C16H19ClN2O/c1-10-16(20)19-14-8-7-12(17)9-13(14)15(18-10)11-5-3-2-4-6-11/h7-11H,2-6H2,1H3,(H,19,20). The summed E-state index contributed by atoms with van der Waals surface area (Å²) in [7, 11) is 0. The highest BCUT2D eigenvalue weighted by Crippen LogP contribution is 2.33. The van der Waals surface area contributed by atoms with Crippen LogP contribution in [-0.2, 0) is 4.79 Å². The Kier molecular flexibility index (Phi) is 3.79. The fourth-order valence-electron chi connectivity index (χ4n) is 3.11. The topological polar surface area (TPSA) is 41.5 Å². The Balaban J connectivity index is 2.07. The molecule has 0 aromatic heterocycles. The molecule has 4 heteroatoms. The van der Waals surface area contributed by atoms with Gasteiger partial charge < -0.3 is 5.32 Å². The molecule has 106 valence electrons. The van der Waals surface area contributed by atoms with Gasteiger partial charge in [-0.1, -0.05) is 30.9 Å². The van der Waals surface area contributed by atoms with Gasteiger partial charge in [0.05, 0.1) is 0 Å². The maximum Gasteiger partial charge on any atom is 0.248 e. The lowest BCUT2D eigenvalue weighted by Gasteiger charge is -2.24. The third kappa shape index (κ3) is 2.59. The molecule has 1 aromatic rings. The molecule has 1 unspecified atom stereocenters. The number of nitrogens with zero attached hydrogens (tertiary/aromatic N) is 1. The molecule has 20 heavy (non-hydrogen) atoms. The van der Waals surface area contributed by atoms with Crippen LogP contribution in [0, 0.1) is 5.92 Å². The number of anilines is 1. The molecule has 1 aliphatic heterocycles. The van der Waals surface area contributed by atoms with E-state index in [1.54, 1.807) is 0 Å². The first-order valence-corrected chi connectivity index (χ1v) is 7.71. The minimum atomic E-state index is -0.335. The quantitative estimate of drug-likeness (QED) is 0.833. The van der Waals surface area contributed by atoms with E-state index in [2.05, 4.69) is 5.32 Å². The summed E-state index contributed by atoms with van der Waals surface area (Å²) in [4.78, 5) is 16.7. The molecule has 2 aliphatic rings. The normalized spacial score (nSPS) is 23.6. The predicted octanol–water partition coefficient (Wildman–Crippen LogP) is 4.05. The number of hydrogen-bond donors (Lipinski definition) is 1. The van der Waals surface area contributed by atoms with Crippen molar-refractivity contribution in [3.8, 4) is 0 Å². The van der Waals surface area contributed by atoms with Gasteiger partial charge in [-0.25, -0.2) is 0 Å². The lowest BCUT2D eigenvalue weighted by Crippen LogP contribution is -2.23. The van der Waals surface area contributed by atoms with Crippen LogP contribution >= 0.6 is 11.6 Å². The van der Waals surface area contributed by atoms with Gasteiger partial charge in [0.25, 0.3) is 0 Å². The number of aliphatic imine (C=N–C) groups is 1. The average molecular weight is 291 g/mol. The van der Waals surface area contributed by atoms with Crippen molar-refractivity contribution < 1.29 is 4.79 Å². The molecule has 1 fully saturated rings. The van der Waals surface area contributed by atoms with E-state index in [4.69, 9.17) is 16.6 Å². The molecule has 0 bridgehead atoms. The molecule has 0 radical (unpaired) electrons. The van der Waals surface area contributed by atoms with E-state index in [-0.39, 0.29) is 11.9 Å². The lowest BCUT2D eigenvalue weighted by atomic mass is 9.83. The van der Waals surface area contributed by atoms with Crippen LogP contribution < -0.4 is 5.32 Å². The van der Waals surface area contributed by atoms with E-state index in [9.17, 15) is 4.79 Å². The molecule has 0 saturated heterocycles. The van der Waals surface area contributed by atoms with Crippen LogP contribution in [0.4, 0.5) is 5.69 Å². The van der Waals surface area contributed by atoms with Crippen molar-refractivity contribution in [3.63, 3.8) is 0 Å². The molecule has 1 saturated carbocycles. The van der Waals surface area contributed by atoms with Crippen LogP contribution in [0.3, 0.4) is 0 Å². The van der Waals surface area contributed by atoms with Gasteiger partial charge in [0.15, 0.2) is 0 Å². The van der Waals surface area contributed by atoms with Crippen molar-refractivity contribution >= 4 is 28.9 Å². The second kappa shape index (κ2) is 5.57. The van der Waals surface area contributed by atoms with E-state index in [0.29, 0.717) is 10.9 Å². The van der Waals surface area contributed by atoms with Crippen molar-refractivity contribution in [2.75, 3.05) is 5.32 Å². The van der Waals surface area contributed by atoms with Gasteiger partial charge in [-0.05, 0) is 38.0 Å². The fourth-order valence-corrected chi connectivity index (χ4v) is 3.28. The van der Waals surface area contributed by atoms with Crippen molar-refractivity contribution in [1.29, 1.82) is 0 Å². The van der Waals surface area contributed by atoms with Crippen LogP contribution in [0.5, 0.6) is 0 Å². The van der Waals surface area contributed by atoms with E-state index < -0.39 is 0 Å². The first kappa shape index (κ1) is 13.6. The molecular formula is C16H19ClN2O. The zero-order valence-corrected chi connectivity index (χ0v) is 12.4. The summed E-state index contributed by atoms with van der Waals surface area (Å²) in [5, 5.41) is 3.65. The van der Waals surface area contributed by atoms with Gasteiger partial charge in [-0.2, -0.15) is 0 Å². The predicted molar refractivity (Wildman–Crippen MR) is 82.7 cm³/mol. The third-order valence-electron chi connectivity index (χ3n) is 4.22. The largest absolute Gasteiger partial charge is 0.324 e. The van der Waals surface area contributed by atoms with Crippen molar-refractivity contribution in [1.82, 2.24) is 0 Å². The second-order valence-corrected chi connectivity index (χ2v) is 6.14. The van der Waals surface area contributed by atoms with Crippen LogP contribution in [-0.4, -0.2) is 17.7 Å². The number of nitrogens with one attached hydrogen (secondary N) is 1. The highest BCUT2D eigenvalue weighted by atomic mass is 35.5. The second-order valence-electron chi connectivity index (χ2n) is 5.70. The molecule has 1 amide bonds. The first-order valence-electron chi connectivity index (χ1n) is 7.33. The number of carbonyl (C=O) groups excluding carboxylic acids is 1.